The number of carbonyl (C=O) groups is 1. The lowest BCUT2D eigenvalue weighted by atomic mass is 9.71. The maximum atomic E-state index is 11.9. The van der Waals surface area contributed by atoms with Crippen molar-refractivity contribution in [2.75, 3.05) is 13.7 Å². The van der Waals surface area contributed by atoms with Crippen LogP contribution in [0.25, 0.3) is 0 Å². The van der Waals surface area contributed by atoms with Gasteiger partial charge in [0, 0.05) is 6.54 Å². The van der Waals surface area contributed by atoms with Crippen molar-refractivity contribution in [1.29, 1.82) is 0 Å². The van der Waals surface area contributed by atoms with E-state index in [0.717, 1.165) is 20.0 Å². The van der Waals surface area contributed by atoms with Crippen molar-refractivity contribution in [3.63, 3.8) is 0 Å². The molecule has 1 unspecified atom stereocenters. The fourth-order valence-electron chi connectivity index (χ4n) is 2.22. The maximum absolute atomic E-state index is 11.9. The van der Waals surface area contributed by atoms with E-state index in [4.69, 9.17) is 0 Å². The van der Waals surface area contributed by atoms with Gasteiger partial charge in [-0.1, -0.05) is 13.8 Å². The summed E-state index contributed by atoms with van der Waals surface area (Å²) in [7, 11) is -2.68. The van der Waals surface area contributed by atoms with E-state index in [1.807, 2.05) is 0 Å². The van der Waals surface area contributed by atoms with Crippen molar-refractivity contribution in [3.05, 3.63) is 0 Å². The fraction of sp³-hybridized carbons (Fsp3) is 0.923. The summed E-state index contributed by atoms with van der Waals surface area (Å²) in [5.74, 6) is -0.811. The highest BCUT2D eigenvalue weighted by atomic mass is 32.2. The molecule has 0 saturated heterocycles. The van der Waals surface area contributed by atoms with E-state index < -0.39 is 26.8 Å². The van der Waals surface area contributed by atoms with Gasteiger partial charge < -0.3 is 9.84 Å². The lowest BCUT2D eigenvalue weighted by molar-refractivity contribution is -0.139. The Morgan fingerprint density at radius 1 is 1.30 bits per heavy atom. The van der Waals surface area contributed by atoms with Crippen LogP contribution >= 0.6 is 0 Å². The van der Waals surface area contributed by atoms with Gasteiger partial charge in [0.25, 0.3) is 0 Å². The monoisotopic (exact) mass is 307 g/mol. The molecule has 0 aromatic rings. The molecule has 0 heterocycles. The molecule has 1 atom stereocenters. The van der Waals surface area contributed by atoms with E-state index in [9.17, 15) is 18.3 Å². The smallest absolute Gasteiger partial charge is 0.325 e. The minimum atomic E-state index is -3.82. The van der Waals surface area contributed by atoms with Crippen molar-refractivity contribution < 1.29 is 23.1 Å². The van der Waals surface area contributed by atoms with E-state index in [1.165, 1.54) is 6.92 Å². The molecule has 7 heteroatoms. The average molecular weight is 307 g/mol. The first-order valence-corrected chi connectivity index (χ1v) is 8.35. The van der Waals surface area contributed by atoms with Crippen LogP contribution in [0.15, 0.2) is 0 Å². The van der Waals surface area contributed by atoms with Gasteiger partial charge in [-0.15, -0.1) is 0 Å². The first kappa shape index (κ1) is 17.4. The number of methoxy groups -OCH3 is 1. The Hall–Kier alpha value is -0.660. The number of aliphatic hydroxyl groups is 1. The predicted octanol–water partition coefficient (Wildman–Crippen LogP) is 0.799. The standard InChI is InChI=1S/C13H25NO5S/c1-10(11(15)19-4)20(17,18)14-9-13(16)7-5-12(2,3)6-8-13/h10,14,16H,5-9H2,1-4H3. The van der Waals surface area contributed by atoms with E-state index >= 15 is 0 Å². The first-order valence-electron chi connectivity index (χ1n) is 6.80. The zero-order valence-corrected chi connectivity index (χ0v) is 13.4. The topological polar surface area (TPSA) is 92.7 Å². The number of nitrogens with one attached hydrogen (secondary N) is 1. The highest BCUT2D eigenvalue weighted by Crippen LogP contribution is 2.39. The summed E-state index contributed by atoms with van der Waals surface area (Å²) in [5.41, 5.74) is -0.844. The van der Waals surface area contributed by atoms with Gasteiger partial charge in [0.05, 0.1) is 12.7 Å². The first-order chi connectivity index (χ1) is 9.01. The largest absolute Gasteiger partial charge is 0.468 e. The van der Waals surface area contributed by atoms with Crippen LogP contribution in [0.2, 0.25) is 0 Å². The molecule has 0 aliphatic heterocycles. The summed E-state index contributed by atoms with van der Waals surface area (Å²) in [6.45, 7) is 5.47. The van der Waals surface area contributed by atoms with Gasteiger partial charge >= 0.3 is 5.97 Å². The zero-order chi connectivity index (χ0) is 15.6. The van der Waals surface area contributed by atoms with Crippen LogP contribution in [0.5, 0.6) is 0 Å². The summed E-state index contributed by atoms with van der Waals surface area (Å²) in [6.07, 6.45) is 2.79. The summed E-state index contributed by atoms with van der Waals surface area (Å²) >= 11 is 0. The molecular formula is C13H25NO5S. The molecule has 1 aliphatic carbocycles. The van der Waals surface area contributed by atoms with Crippen LogP contribution in [0.3, 0.4) is 0 Å². The molecular weight excluding hydrogens is 282 g/mol. The lowest BCUT2D eigenvalue weighted by Gasteiger charge is -2.40. The Bertz CT molecular complexity index is 447. The Morgan fingerprint density at radius 3 is 2.25 bits per heavy atom. The quantitative estimate of drug-likeness (QED) is 0.733. The molecule has 0 aromatic heterocycles. The third-order valence-electron chi connectivity index (χ3n) is 4.14. The Labute approximate surface area is 120 Å². The Morgan fingerprint density at radius 2 is 1.80 bits per heavy atom. The molecule has 1 fully saturated rings. The van der Waals surface area contributed by atoms with Crippen molar-refractivity contribution in [1.82, 2.24) is 4.72 Å². The second-order valence-electron chi connectivity index (χ2n) is 6.42. The Kier molecular flexibility index (Phi) is 5.21. The summed E-state index contributed by atoms with van der Waals surface area (Å²) < 4.78 is 30.6. The van der Waals surface area contributed by atoms with Crippen molar-refractivity contribution >= 4 is 16.0 Å². The molecule has 1 rings (SSSR count). The van der Waals surface area contributed by atoms with Crippen molar-refractivity contribution in [3.8, 4) is 0 Å². The van der Waals surface area contributed by atoms with Crippen LogP contribution < -0.4 is 4.72 Å². The van der Waals surface area contributed by atoms with Gasteiger partial charge in [-0.05, 0) is 38.0 Å². The van der Waals surface area contributed by atoms with Crippen LogP contribution in [0.1, 0.15) is 46.5 Å². The van der Waals surface area contributed by atoms with Gasteiger partial charge in [0.15, 0.2) is 5.25 Å². The zero-order valence-electron chi connectivity index (χ0n) is 12.6. The second-order valence-corrected chi connectivity index (χ2v) is 8.51. The molecule has 0 aromatic carbocycles. The molecule has 1 saturated carbocycles. The number of hydrogen-bond acceptors (Lipinski definition) is 5. The van der Waals surface area contributed by atoms with Crippen molar-refractivity contribution in [2.24, 2.45) is 5.41 Å². The number of sulfonamides is 1. The predicted molar refractivity (Wildman–Crippen MR) is 75.6 cm³/mol. The van der Waals surface area contributed by atoms with E-state index in [0.29, 0.717) is 12.8 Å². The minimum Gasteiger partial charge on any atom is -0.468 e. The normalized spacial score (nSPS) is 23.1. The van der Waals surface area contributed by atoms with E-state index in [2.05, 4.69) is 23.3 Å². The van der Waals surface area contributed by atoms with Crippen molar-refractivity contribution in [2.45, 2.75) is 57.3 Å². The van der Waals surface area contributed by atoms with E-state index in [1.54, 1.807) is 0 Å². The third-order valence-corrected chi connectivity index (χ3v) is 5.81. The van der Waals surface area contributed by atoms with E-state index in [-0.39, 0.29) is 12.0 Å². The number of esters is 1. The Balaban J connectivity index is 2.61. The molecule has 0 radical (unpaired) electrons. The number of ether oxygens (including phenoxy) is 1. The van der Waals surface area contributed by atoms with Gasteiger partial charge in [0.1, 0.15) is 0 Å². The molecule has 1 aliphatic rings. The molecule has 2 N–H and O–H groups in total. The molecule has 0 bridgehead atoms. The molecule has 0 spiro atoms. The number of rotatable bonds is 5. The maximum Gasteiger partial charge on any atom is 0.325 e. The van der Waals surface area contributed by atoms with Crippen LogP contribution in [0, 0.1) is 5.41 Å². The van der Waals surface area contributed by atoms with Crippen LogP contribution in [0.4, 0.5) is 0 Å². The number of hydrogen-bond donors (Lipinski definition) is 2. The van der Waals surface area contributed by atoms with Crippen LogP contribution in [-0.4, -0.2) is 44.0 Å². The SMILES string of the molecule is COC(=O)C(C)S(=O)(=O)NCC1(O)CCC(C)(C)CC1. The van der Waals surface area contributed by atoms with Crippen LogP contribution in [-0.2, 0) is 19.6 Å². The molecule has 0 amide bonds. The highest BCUT2D eigenvalue weighted by Gasteiger charge is 2.38. The second kappa shape index (κ2) is 5.99. The van der Waals surface area contributed by atoms with Gasteiger partial charge in [-0.2, -0.15) is 0 Å². The summed E-state index contributed by atoms with van der Waals surface area (Å²) in [4.78, 5) is 11.3. The number of carbonyl (C=O) groups excluding carboxylic acids is 1. The molecule has 6 nitrogen and oxygen atoms in total. The fourth-order valence-corrected chi connectivity index (χ4v) is 3.29. The minimum absolute atomic E-state index is 0.0628. The highest BCUT2D eigenvalue weighted by molar-refractivity contribution is 7.90. The molecule has 118 valence electrons. The average Bonchev–Trinajstić information content (AvgIpc) is 2.39. The lowest BCUT2D eigenvalue weighted by Crippen LogP contribution is -2.49. The summed E-state index contributed by atoms with van der Waals surface area (Å²) in [6, 6.07) is 0. The third kappa shape index (κ3) is 4.43. The van der Waals surface area contributed by atoms with Gasteiger partial charge in [-0.25, -0.2) is 13.1 Å². The van der Waals surface area contributed by atoms with Gasteiger partial charge in [-0.3, -0.25) is 4.79 Å². The summed E-state index contributed by atoms with van der Waals surface area (Å²) in [5, 5.41) is 9.12. The molecule has 20 heavy (non-hydrogen) atoms. The van der Waals surface area contributed by atoms with Gasteiger partial charge in [0.2, 0.25) is 10.0 Å².